The predicted octanol–water partition coefficient (Wildman–Crippen LogP) is 2.67. The van der Waals surface area contributed by atoms with E-state index in [1.165, 1.54) is 0 Å². The van der Waals surface area contributed by atoms with Crippen LogP contribution in [0.25, 0.3) is 0 Å². The zero-order valence-corrected chi connectivity index (χ0v) is 9.47. The van der Waals surface area contributed by atoms with Gasteiger partial charge in [0.25, 0.3) is 0 Å². The molecule has 0 fully saturated rings. The smallest absolute Gasteiger partial charge is 0.138 e. The minimum absolute atomic E-state index is 0.526. The average Bonchev–Trinajstić information content (AvgIpc) is 2.30. The molecule has 2 aromatic heterocycles. The molecule has 0 saturated carbocycles. The molecule has 2 aromatic rings. The highest BCUT2D eigenvalue weighted by Crippen LogP contribution is 2.11. The van der Waals surface area contributed by atoms with E-state index in [1.807, 2.05) is 44.3 Å². The fourth-order valence-electron chi connectivity index (χ4n) is 1.29. The van der Waals surface area contributed by atoms with Crippen LogP contribution in [0, 0.1) is 13.8 Å². The molecule has 0 aliphatic rings. The summed E-state index contributed by atoms with van der Waals surface area (Å²) in [6.07, 6.45) is 3.56. The minimum Gasteiger partial charge on any atom is -0.487 e. The first-order chi connectivity index (χ1) is 7.74. The van der Waals surface area contributed by atoms with Crippen LogP contribution in [0.2, 0.25) is 0 Å². The van der Waals surface area contributed by atoms with Crippen LogP contribution >= 0.6 is 0 Å². The van der Waals surface area contributed by atoms with E-state index in [-0.39, 0.29) is 0 Å². The summed E-state index contributed by atoms with van der Waals surface area (Å²) in [6.45, 7) is 4.44. The molecule has 0 aromatic carbocycles. The maximum absolute atomic E-state index is 5.58. The van der Waals surface area contributed by atoms with Crippen LogP contribution < -0.4 is 4.74 Å². The van der Waals surface area contributed by atoms with Gasteiger partial charge in [-0.05, 0) is 32.0 Å². The van der Waals surface area contributed by atoms with E-state index >= 15 is 0 Å². The zero-order chi connectivity index (χ0) is 11.4. The Balaban J connectivity index is 1.97. The van der Waals surface area contributed by atoms with Gasteiger partial charge in [-0.1, -0.05) is 6.07 Å². The van der Waals surface area contributed by atoms with Gasteiger partial charge in [0.2, 0.25) is 0 Å². The lowest BCUT2D eigenvalue weighted by Gasteiger charge is -2.05. The van der Waals surface area contributed by atoms with E-state index in [0.717, 1.165) is 22.7 Å². The minimum atomic E-state index is 0.526. The molecule has 3 nitrogen and oxygen atoms in total. The third-order valence-electron chi connectivity index (χ3n) is 2.26. The van der Waals surface area contributed by atoms with Gasteiger partial charge >= 0.3 is 0 Å². The first-order valence-electron chi connectivity index (χ1n) is 5.21. The van der Waals surface area contributed by atoms with Crippen LogP contribution in [0.15, 0.2) is 36.7 Å². The second kappa shape index (κ2) is 4.75. The van der Waals surface area contributed by atoms with Gasteiger partial charge in [0.05, 0.1) is 6.20 Å². The lowest BCUT2D eigenvalue weighted by atomic mass is 10.3. The van der Waals surface area contributed by atoms with E-state index in [2.05, 4.69) is 9.97 Å². The number of hydrogen-bond acceptors (Lipinski definition) is 3. The summed E-state index contributed by atoms with van der Waals surface area (Å²) in [5, 5.41) is 0. The summed E-state index contributed by atoms with van der Waals surface area (Å²) in [5.74, 6) is 0.783. The quantitative estimate of drug-likeness (QED) is 0.787. The van der Waals surface area contributed by atoms with Crippen molar-refractivity contribution in [2.75, 3.05) is 0 Å². The normalized spacial score (nSPS) is 10.1. The molecule has 0 saturated heterocycles. The van der Waals surface area contributed by atoms with Gasteiger partial charge in [0.1, 0.15) is 12.4 Å². The molecule has 0 atom stereocenters. The van der Waals surface area contributed by atoms with Gasteiger partial charge in [-0.2, -0.15) is 0 Å². The van der Waals surface area contributed by atoms with Crippen molar-refractivity contribution < 1.29 is 4.74 Å². The Labute approximate surface area is 95.1 Å². The molecule has 2 heterocycles. The van der Waals surface area contributed by atoms with Crippen molar-refractivity contribution in [2.24, 2.45) is 0 Å². The number of ether oxygens (including phenoxy) is 1. The van der Waals surface area contributed by atoms with Crippen molar-refractivity contribution in [3.63, 3.8) is 0 Å². The molecular weight excluding hydrogens is 200 g/mol. The van der Waals surface area contributed by atoms with Crippen molar-refractivity contribution in [3.05, 3.63) is 53.6 Å². The molecule has 0 aliphatic heterocycles. The SMILES string of the molecule is Cc1ccc(COc2ccc(C)nc2)cn1. The largest absolute Gasteiger partial charge is 0.487 e. The van der Waals surface area contributed by atoms with E-state index < -0.39 is 0 Å². The van der Waals surface area contributed by atoms with Crippen LogP contribution in [-0.4, -0.2) is 9.97 Å². The summed E-state index contributed by atoms with van der Waals surface area (Å²) in [6, 6.07) is 7.85. The third kappa shape index (κ3) is 2.79. The standard InChI is InChI=1S/C13H14N2O/c1-10-3-5-12(7-14-10)9-16-13-6-4-11(2)15-8-13/h3-8H,9H2,1-2H3. The van der Waals surface area contributed by atoms with Crippen LogP contribution in [-0.2, 0) is 6.61 Å². The van der Waals surface area contributed by atoms with Crippen LogP contribution in [0.1, 0.15) is 17.0 Å². The van der Waals surface area contributed by atoms with Gasteiger partial charge < -0.3 is 4.74 Å². The van der Waals surface area contributed by atoms with Gasteiger partial charge in [0.15, 0.2) is 0 Å². The first kappa shape index (κ1) is 10.6. The average molecular weight is 214 g/mol. The van der Waals surface area contributed by atoms with Gasteiger partial charge in [-0.3, -0.25) is 9.97 Å². The van der Waals surface area contributed by atoms with Crippen molar-refractivity contribution in [3.8, 4) is 5.75 Å². The highest BCUT2D eigenvalue weighted by molar-refractivity contribution is 5.20. The summed E-state index contributed by atoms with van der Waals surface area (Å²) in [5.41, 5.74) is 3.07. The van der Waals surface area contributed by atoms with Crippen molar-refractivity contribution >= 4 is 0 Å². The number of aryl methyl sites for hydroxylation is 2. The highest BCUT2D eigenvalue weighted by Gasteiger charge is 1.96. The predicted molar refractivity (Wildman–Crippen MR) is 62.3 cm³/mol. The summed E-state index contributed by atoms with van der Waals surface area (Å²) >= 11 is 0. The number of nitrogens with zero attached hydrogens (tertiary/aromatic N) is 2. The van der Waals surface area contributed by atoms with Crippen molar-refractivity contribution in [1.29, 1.82) is 0 Å². The Hall–Kier alpha value is -1.90. The number of pyridine rings is 2. The molecule has 0 N–H and O–H groups in total. The van der Waals surface area contributed by atoms with E-state index in [1.54, 1.807) is 6.20 Å². The van der Waals surface area contributed by atoms with Crippen LogP contribution in [0.3, 0.4) is 0 Å². The molecule has 3 heteroatoms. The van der Waals surface area contributed by atoms with E-state index in [0.29, 0.717) is 6.61 Å². The molecule has 2 rings (SSSR count). The number of aromatic nitrogens is 2. The molecule has 16 heavy (non-hydrogen) atoms. The molecule has 0 bridgehead atoms. The van der Waals surface area contributed by atoms with Gasteiger partial charge in [-0.15, -0.1) is 0 Å². The monoisotopic (exact) mass is 214 g/mol. The van der Waals surface area contributed by atoms with Crippen LogP contribution in [0.5, 0.6) is 5.75 Å². The van der Waals surface area contributed by atoms with Gasteiger partial charge in [0, 0.05) is 23.1 Å². The highest BCUT2D eigenvalue weighted by atomic mass is 16.5. The van der Waals surface area contributed by atoms with Crippen LogP contribution in [0.4, 0.5) is 0 Å². The first-order valence-corrected chi connectivity index (χ1v) is 5.21. The Bertz CT molecular complexity index is 403. The van der Waals surface area contributed by atoms with Gasteiger partial charge in [-0.25, -0.2) is 0 Å². The fraction of sp³-hybridized carbons (Fsp3) is 0.231. The maximum Gasteiger partial charge on any atom is 0.138 e. The van der Waals surface area contributed by atoms with E-state index in [4.69, 9.17) is 4.74 Å². The van der Waals surface area contributed by atoms with E-state index in [9.17, 15) is 0 Å². The summed E-state index contributed by atoms with van der Waals surface area (Å²) in [4.78, 5) is 8.37. The lowest BCUT2D eigenvalue weighted by molar-refractivity contribution is 0.304. The Morgan fingerprint density at radius 3 is 2.19 bits per heavy atom. The molecule has 0 spiro atoms. The lowest BCUT2D eigenvalue weighted by Crippen LogP contribution is -1.97. The third-order valence-corrected chi connectivity index (χ3v) is 2.26. The molecule has 0 aliphatic carbocycles. The summed E-state index contributed by atoms with van der Waals surface area (Å²) in [7, 11) is 0. The second-order valence-electron chi connectivity index (χ2n) is 3.73. The Morgan fingerprint density at radius 1 is 0.938 bits per heavy atom. The van der Waals surface area contributed by atoms with Crippen molar-refractivity contribution in [1.82, 2.24) is 9.97 Å². The van der Waals surface area contributed by atoms with Crippen molar-refractivity contribution in [2.45, 2.75) is 20.5 Å². The number of rotatable bonds is 3. The topological polar surface area (TPSA) is 35.0 Å². The zero-order valence-electron chi connectivity index (χ0n) is 9.47. The molecule has 82 valence electrons. The fourth-order valence-corrected chi connectivity index (χ4v) is 1.29. The Kier molecular flexibility index (Phi) is 3.15. The molecule has 0 amide bonds. The summed E-state index contributed by atoms with van der Waals surface area (Å²) < 4.78 is 5.58. The Morgan fingerprint density at radius 2 is 1.62 bits per heavy atom. The maximum atomic E-state index is 5.58. The number of hydrogen-bond donors (Lipinski definition) is 0. The molecular formula is C13H14N2O. The molecule has 0 unspecified atom stereocenters. The molecule has 0 radical (unpaired) electrons. The second-order valence-corrected chi connectivity index (χ2v) is 3.73.